The number of nitrogens with one attached hydrogen (secondary N) is 1. The molecule has 1 rings (SSSR count). The molecule has 0 aromatic heterocycles. The van der Waals surface area contributed by atoms with Crippen LogP contribution in [0.4, 0.5) is 26.3 Å². The zero-order valence-corrected chi connectivity index (χ0v) is 11.4. The number of allylic oxidation sites excluding steroid dienone is 1. The Morgan fingerprint density at radius 3 is 1.91 bits per heavy atom. The van der Waals surface area contributed by atoms with Gasteiger partial charge in [-0.2, -0.15) is 26.3 Å². The van der Waals surface area contributed by atoms with Gasteiger partial charge in [-0.15, -0.1) is 0 Å². The van der Waals surface area contributed by atoms with Gasteiger partial charge in [-0.25, -0.2) is 0 Å². The summed E-state index contributed by atoms with van der Waals surface area (Å²) in [5.74, 6) is -6.39. The number of carbonyl (C=O) groups is 2. The second-order valence-corrected chi connectivity index (χ2v) is 5.09. The van der Waals surface area contributed by atoms with Crippen molar-refractivity contribution in [2.75, 3.05) is 0 Å². The molecule has 0 saturated heterocycles. The summed E-state index contributed by atoms with van der Waals surface area (Å²) in [5.41, 5.74) is 0. The van der Waals surface area contributed by atoms with Gasteiger partial charge in [0.2, 0.25) is 5.78 Å². The summed E-state index contributed by atoms with van der Waals surface area (Å²) in [5, 5.41) is 2.32. The van der Waals surface area contributed by atoms with E-state index in [9.17, 15) is 35.9 Å². The number of alkyl halides is 6. The highest BCUT2D eigenvalue weighted by Gasteiger charge is 2.55. The van der Waals surface area contributed by atoms with Crippen molar-refractivity contribution in [3.8, 4) is 0 Å². The highest BCUT2D eigenvalue weighted by atomic mass is 19.4. The van der Waals surface area contributed by atoms with Crippen molar-refractivity contribution in [1.29, 1.82) is 0 Å². The first-order valence-corrected chi connectivity index (χ1v) is 6.68. The molecule has 0 atom stereocenters. The van der Waals surface area contributed by atoms with Crippen LogP contribution in [0.5, 0.6) is 0 Å². The topological polar surface area (TPSA) is 46.2 Å². The molecule has 1 aliphatic carbocycles. The zero-order chi connectivity index (χ0) is 17.0. The minimum atomic E-state index is -5.57. The Kier molecular flexibility index (Phi) is 6.01. The van der Waals surface area contributed by atoms with Crippen LogP contribution in [-0.2, 0) is 9.59 Å². The summed E-state index contributed by atoms with van der Waals surface area (Å²) >= 11 is 0. The van der Waals surface area contributed by atoms with E-state index in [1.807, 2.05) is 0 Å². The maximum Gasteiger partial charge on any atom is 0.403 e. The molecule has 0 heterocycles. The minimum Gasteiger partial charge on any atom is -0.346 e. The molecule has 1 amide bonds. The van der Waals surface area contributed by atoms with E-state index in [1.165, 1.54) is 0 Å². The summed E-state index contributed by atoms with van der Waals surface area (Å²) in [6, 6.07) is -0.264. The van der Waals surface area contributed by atoms with Gasteiger partial charge < -0.3 is 5.32 Å². The molecule has 0 bridgehead atoms. The lowest BCUT2D eigenvalue weighted by atomic mass is 9.95. The van der Waals surface area contributed by atoms with Gasteiger partial charge in [-0.05, 0) is 18.9 Å². The summed E-state index contributed by atoms with van der Waals surface area (Å²) in [7, 11) is 0. The van der Waals surface area contributed by atoms with Crippen molar-refractivity contribution in [3.05, 3.63) is 12.2 Å². The zero-order valence-electron chi connectivity index (χ0n) is 11.4. The van der Waals surface area contributed by atoms with Gasteiger partial charge in [0, 0.05) is 6.04 Å². The third kappa shape index (κ3) is 5.69. The average molecular weight is 331 g/mol. The van der Waals surface area contributed by atoms with Gasteiger partial charge >= 0.3 is 12.4 Å². The third-order valence-electron chi connectivity index (χ3n) is 3.31. The van der Waals surface area contributed by atoms with Crippen LogP contribution < -0.4 is 5.32 Å². The van der Waals surface area contributed by atoms with Gasteiger partial charge in [-0.3, -0.25) is 9.59 Å². The van der Waals surface area contributed by atoms with E-state index in [1.54, 1.807) is 0 Å². The van der Waals surface area contributed by atoms with Crippen molar-refractivity contribution in [2.24, 2.45) is 5.92 Å². The molecule has 0 radical (unpaired) electrons. The quantitative estimate of drug-likeness (QED) is 0.488. The second-order valence-electron chi connectivity index (χ2n) is 5.09. The molecule has 0 spiro atoms. The Hall–Kier alpha value is -1.54. The number of rotatable bonds is 4. The standard InChI is InChI=1S/C13H15F6NO2/c14-12(15,16)10(13(17,18)19)7-6-9(21)11(22)20-8-4-2-1-3-5-8/h6-8,10H,1-5H2,(H,20,22)/b7-6+. The van der Waals surface area contributed by atoms with Crippen LogP contribution in [0.25, 0.3) is 0 Å². The van der Waals surface area contributed by atoms with Crippen molar-refractivity contribution in [3.63, 3.8) is 0 Å². The highest BCUT2D eigenvalue weighted by Crippen LogP contribution is 2.39. The maximum atomic E-state index is 12.3. The predicted octanol–water partition coefficient (Wildman–Crippen LogP) is 3.30. The lowest BCUT2D eigenvalue weighted by Gasteiger charge is -2.22. The molecule has 1 fully saturated rings. The lowest BCUT2D eigenvalue weighted by Crippen LogP contribution is -2.40. The van der Waals surface area contributed by atoms with E-state index in [-0.39, 0.29) is 18.2 Å². The van der Waals surface area contributed by atoms with Crippen LogP contribution in [0.3, 0.4) is 0 Å². The van der Waals surface area contributed by atoms with Crippen LogP contribution in [0.2, 0.25) is 0 Å². The molecular formula is C13H15F6NO2. The Morgan fingerprint density at radius 1 is 0.955 bits per heavy atom. The normalized spacial score (nSPS) is 18.0. The van der Waals surface area contributed by atoms with Crippen LogP contribution in [0, 0.1) is 5.92 Å². The molecule has 9 heteroatoms. The van der Waals surface area contributed by atoms with Crippen LogP contribution in [0.1, 0.15) is 32.1 Å². The largest absolute Gasteiger partial charge is 0.403 e. The summed E-state index contributed by atoms with van der Waals surface area (Å²) in [6.45, 7) is 0. The first-order valence-electron chi connectivity index (χ1n) is 6.68. The van der Waals surface area contributed by atoms with Crippen LogP contribution in [-0.4, -0.2) is 30.1 Å². The van der Waals surface area contributed by atoms with E-state index in [0.717, 1.165) is 19.3 Å². The molecule has 1 N–H and O–H groups in total. The van der Waals surface area contributed by atoms with Gasteiger partial charge in [0.15, 0.2) is 5.92 Å². The van der Waals surface area contributed by atoms with Crippen molar-refractivity contribution in [1.82, 2.24) is 5.32 Å². The molecule has 1 aliphatic rings. The first-order chi connectivity index (χ1) is 10.0. The second kappa shape index (κ2) is 7.15. The predicted molar refractivity (Wildman–Crippen MR) is 64.8 cm³/mol. The number of ketones is 1. The number of halogens is 6. The monoisotopic (exact) mass is 331 g/mol. The van der Waals surface area contributed by atoms with E-state index in [4.69, 9.17) is 0 Å². The van der Waals surface area contributed by atoms with Crippen molar-refractivity contribution >= 4 is 11.7 Å². The van der Waals surface area contributed by atoms with Gasteiger partial charge in [-0.1, -0.05) is 25.3 Å². The molecule has 3 nitrogen and oxygen atoms in total. The molecule has 0 aromatic carbocycles. The fraction of sp³-hybridized carbons (Fsp3) is 0.692. The first kappa shape index (κ1) is 18.5. The smallest absolute Gasteiger partial charge is 0.346 e. The minimum absolute atomic E-state index is 0.0316. The third-order valence-corrected chi connectivity index (χ3v) is 3.31. The van der Waals surface area contributed by atoms with E-state index in [2.05, 4.69) is 5.32 Å². The summed E-state index contributed by atoms with van der Waals surface area (Å²) in [6.07, 6.45) is -7.50. The number of hydrogen-bond acceptors (Lipinski definition) is 2. The van der Waals surface area contributed by atoms with Gasteiger partial charge in [0.05, 0.1) is 0 Å². The van der Waals surface area contributed by atoms with Crippen LogP contribution >= 0.6 is 0 Å². The molecule has 0 aliphatic heterocycles. The SMILES string of the molecule is O=C(/C=C/C(C(F)(F)F)C(F)(F)F)C(=O)NC1CCCCC1. The Bertz CT molecular complexity index is 421. The van der Waals surface area contributed by atoms with E-state index < -0.39 is 30.0 Å². The number of carbonyl (C=O) groups excluding carboxylic acids is 2. The summed E-state index contributed by atoms with van der Waals surface area (Å²) < 4.78 is 73.5. The Labute approximate surface area is 122 Å². The van der Waals surface area contributed by atoms with Crippen molar-refractivity contribution in [2.45, 2.75) is 50.5 Å². The molecule has 0 unspecified atom stereocenters. The Balaban J connectivity index is 2.66. The fourth-order valence-corrected chi connectivity index (χ4v) is 2.17. The maximum absolute atomic E-state index is 12.3. The van der Waals surface area contributed by atoms with E-state index in [0.29, 0.717) is 12.8 Å². The van der Waals surface area contributed by atoms with E-state index >= 15 is 0 Å². The molecule has 1 saturated carbocycles. The fourth-order valence-electron chi connectivity index (χ4n) is 2.17. The lowest BCUT2D eigenvalue weighted by molar-refractivity contribution is -0.267. The number of amides is 1. The average Bonchev–Trinajstić information content (AvgIpc) is 2.36. The molecule has 126 valence electrons. The van der Waals surface area contributed by atoms with Gasteiger partial charge in [0.25, 0.3) is 5.91 Å². The summed E-state index contributed by atoms with van der Waals surface area (Å²) in [4.78, 5) is 22.8. The van der Waals surface area contributed by atoms with Crippen molar-refractivity contribution < 1.29 is 35.9 Å². The molecule has 22 heavy (non-hydrogen) atoms. The van der Waals surface area contributed by atoms with Crippen LogP contribution in [0.15, 0.2) is 12.2 Å². The van der Waals surface area contributed by atoms with Gasteiger partial charge in [0.1, 0.15) is 0 Å². The Morgan fingerprint density at radius 2 is 1.45 bits per heavy atom. The molecular weight excluding hydrogens is 316 g/mol. The highest BCUT2D eigenvalue weighted by molar-refractivity contribution is 6.40. The number of hydrogen-bond donors (Lipinski definition) is 1. The molecule has 0 aromatic rings.